The van der Waals surface area contributed by atoms with Crippen molar-refractivity contribution in [2.75, 3.05) is 31.6 Å². The number of hydrogen-bond acceptors (Lipinski definition) is 6. The predicted octanol–water partition coefficient (Wildman–Crippen LogP) is 1.77. The topological polar surface area (TPSA) is 80.5 Å². The minimum absolute atomic E-state index is 0.0445. The smallest absolute Gasteiger partial charge is 0.254 e. The van der Waals surface area contributed by atoms with Crippen molar-refractivity contribution in [1.29, 1.82) is 0 Å². The maximum absolute atomic E-state index is 12.7. The van der Waals surface area contributed by atoms with E-state index in [4.69, 9.17) is 9.26 Å². The SMILES string of the molecule is Cc1noc(CNc2cccc(C(=O)N3CCOCC3)c2C)n1. The third kappa shape index (κ3) is 3.50. The van der Waals surface area contributed by atoms with Gasteiger partial charge >= 0.3 is 0 Å². The number of aromatic nitrogens is 2. The highest BCUT2D eigenvalue weighted by Crippen LogP contribution is 2.21. The number of morpholine rings is 1. The minimum Gasteiger partial charge on any atom is -0.378 e. The molecule has 0 atom stereocenters. The Kier molecular flexibility index (Phi) is 4.57. The van der Waals surface area contributed by atoms with Crippen LogP contribution in [0.15, 0.2) is 22.7 Å². The second kappa shape index (κ2) is 6.78. The molecular formula is C16H20N4O3. The third-order valence-electron chi connectivity index (χ3n) is 3.86. The molecular weight excluding hydrogens is 296 g/mol. The largest absolute Gasteiger partial charge is 0.378 e. The summed E-state index contributed by atoms with van der Waals surface area (Å²) in [6, 6.07) is 5.67. The molecule has 2 aromatic rings. The highest BCUT2D eigenvalue weighted by atomic mass is 16.5. The van der Waals surface area contributed by atoms with Crippen molar-refractivity contribution in [1.82, 2.24) is 15.0 Å². The van der Waals surface area contributed by atoms with Crippen LogP contribution >= 0.6 is 0 Å². The number of aryl methyl sites for hydroxylation is 1. The number of carbonyl (C=O) groups excluding carboxylic acids is 1. The highest BCUT2D eigenvalue weighted by Gasteiger charge is 2.20. The van der Waals surface area contributed by atoms with Gasteiger partial charge in [0, 0.05) is 24.3 Å². The van der Waals surface area contributed by atoms with Gasteiger partial charge in [-0.25, -0.2) is 0 Å². The molecule has 0 saturated carbocycles. The van der Waals surface area contributed by atoms with Crippen molar-refractivity contribution in [2.24, 2.45) is 0 Å². The van der Waals surface area contributed by atoms with E-state index in [0.29, 0.717) is 50.1 Å². The summed E-state index contributed by atoms with van der Waals surface area (Å²) < 4.78 is 10.4. The zero-order valence-electron chi connectivity index (χ0n) is 13.3. The summed E-state index contributed by atoms with van der Waals surface area (Å²) in [7, 11) is 0. The molecule has 7 nitrogen and oxygen atoms in total. The van der Waals surface area contributed by atoms with Crippen LogP contribution in [-0.4, -0.2) is 47.3 Å². The summed E-state index contributed by atoms with van der Waals surface area (Å²) in [5, 5.41) is 7.01. The monoisotopic (exact) mass is 316 g/mol. The van der Waals surface area contributed by atoms with E-state index in [1.165, 1.54) is 0 Å². The molecule has 122 valence electrons. The van der Waals surface area contributed by atoms with Gasteiger partial charge < -0.3 is 19.5 Å². The lowest BCUT2D eigenvalue weighted by Crippen LogP contribution is -2.41. The van der Waals surface area contributed by atoms with Crippen molar-refractivity contribution in [3.8, 4) is 0 Å². The van der Waals surface area contributed by atoms with Gasteiger partial charge in [0.25, 0.3) is 5.91 Å². The summed E-state index contributed by atoms with van der Waals surface area (Å²) >= 11 is 0. The lowest BCUT2D eigenvalue weighted by molar-refractivity contribution is 0.0302. The Balaban J connectivity index is 1.73. The zero-order chi connectivity index (χ0) is 16.2. The van der Waals surface area contributed by atoms with E-state index >= 15 is 0 Å². The first kappa shape index (κ1) is 15.5. The fraction of sp³-hybridized carbons (Fsp3) is 0.438. The van der Waals surface area contributed by atoms with E-state index in [2.05, 4.69) is 15.5 Å². The predicted molar refractivity (Wildman–Crippen MR) is 84.3 cm³/mol. The van der Waals surface area contributed by atoms with Crippen molar-refractivity contribution in [2.45, 2.75) is 20.4 Å². The first-order valence-electron chi connectivity index (χ1n) is 7.65. The number of hydrogen-bond donors (Lipinski definition) is 1. The molecule has 1 fully saturated rings. The third-order valence-corrected chi connectivity index (χ3v) is 3.86. The van der Waals surface area contributed by atoms with E-state index in [1.54, 1.807) is 6.92 Å². The van der Waals surface area contributed by atoms with E-state index < -0.39 is 0 Å². The first-order valence-corrected chi connectivity index (χ1v) is 7.65. The fourth-order valence-corrected chi connectivity index (χ4v) is 2.58. The van der Waals surface area contributed by atoms with Crippen LogP contribution in [0.1, 0.15) is 27.6 Å². The normalized spacial score (nSPS) is 14.8. The Hall–Kier alpha value is -2.41. The molecule has 1 saturated heterocycles. The number of nitrogens with zero attached hydrogens (tertiary/aromatic N) is 3. The molecule has 1 aromatic carbocycles. The molecule has 1 aromatic heterocycles. The van der Waals surface area contributed by atoms with Gasteiger partial charge in [-0.05, 0) is 31.5 Å². The maximum Gasteiger partial charge on any atom is 0.254 e. The average Bonchev–Trinajstić information content (AvgIpc) is 2.99. The summed E-state index contributed by atoms with van der Waals surface area (Å²) in [4.78, 5) is 18.6. The molecule has 2 heterocycles. The molecule has 1 aliphatic heterocycles. The number of ether oxygens (including phenoxy) is 1. The number of carbonyl (C=O) groups is 1. The second-order valence-corrected chi connectivity index (χ2v) is 5.47. The summed E-state index contributed by atoms with van der Waals surface area (Å²) in [5.41, 5.74) is 2.51. The zero-order valence-corrected chi connectivity index (χ0v) is 13.3. The molecule has 1 N–H and O–H groups in total. The standard InChI is InChI=1S/C16H20N4O3/c1-11-13(16(21)20-6-8-22-9-7-20)4-3-5-14(11)17-10-15-18-12(2)19-23-15/h3-5,17H,6-10H2,1-2H3. The molecule has 0 radical (unpaired) electrons. The van der Waals surface area contributed by atoms with Gasteiger partial charge in [-0.15, -0.1) is 0 Å². The van der Waals surface area contributed by atoms with Crippen molar-refractivity contribution in [3.05, 3.63) is 41.0 Å². The number of anilines is 1. The molecule has 7 heteroatoms. The van der Waals surface area contributed by atoms with Crippen LogP contribution in [0.3, 0.4) is 0 Å². The van der Waals surface area contributed by atoms with Crippen LogP contribution in [0, 0.1) is 13.8 Å². The van der Waals surface area contributed by atoms with Gasteiger partial charge in [0.05, 0.1) is 19.8 Å². The molecule has 1 amide bonds. The van der Waals surface area contributed by atoms with Gasteiger partial charge in [-0.1, -0.05) is 11.2 Å². The van der Waals surface area contributed by atoms with Crippen LogP contribution in [0.2, 0.25) is 0 Å². The lowest BCUT2D eigenvalue weighted by Gasteiger charge is -2.27. The van der Waals surface area contributed by atoms with Crippen LogP contribution in [-0.2, 0) is 11.3 Å². The van der Waals surface area contributed by atoms with Gasteiger partial charge in [0.15, 0.2) is 5.82 Å². The van der Waals surface area contributed by atoms with Crippen LogP contribution in [0.5, 0.6) is 0 Å². The first-order chi connectivity index (χ1) is 11.1. The average molecular weight is 316 g/mol. The van der Waals surface area contributed by atoms with Crippen molar-refractivity contribution < 1.29 is 14.1 Å². The minimum atomic E-state index is 0.0445. The molecule has 23 heavy (non-hydrogen) atoms. The summed E-state index contributed by atoms with van der Waals surface area (Å²) in [6.07, 6.45) is 0. The van der Waals surface area contributed by atoms with Gasteiger partial charge in [-0.2, -0.15) is 4.98 Å². The van der Waals surface area contributed by atoms with Gasteiger partial charge in [0.2, 0.25) is 5.89 Å². The van der Waals surface area contributed by atoms with Gasteiger partial charge in [-0.3, -0.25) is 4.79 Å². The molecule has 0 bridgehead atoms. The molecule has 3 rings (SSSR count). The lowest BCUT2D eigenvalue weighted by atomic mass is 10.1. The summed E-state index contributed by atoms with van der Waals surface area (Å²) in [5.74, 6) is 1.17. The van der Waals surface area contributed by atoms with Crippen LogP contribution in [0.4, 0.5) is 5.69 Å². The Morgan fingerprint density at radius 3 is 2.78 bits per heavy atom. The van der Waals surface area contributed by atoms with E-state index in [-0.39, 0.29) is 5.91 Å². The Bertz CT molecular complexity index is 692. The van der Waals surface area contributed by atoms with E-state index in [9.17, 15) is 4.79 Å². The quantitative estimate of drug-likeness (QED) is 0.926. The number of amides is 1. The molecule has 0 spiro atoms. The Morgan fingerprint density at radius 2 is 2.09 bits per heavy atom. The Labute approximate surface area is 134 Å². The maximum atomic E-state index is 12.7. The summed E-state index contributed by atoms with van der Waals surface area (Å²) in [6.45, 7) is 6.61. The fourth-order valence-electron chi connectivity index (χ4n) is 2.58. The molecule has 0 unspecified atom stereocenters. The molecule has 0 aliphatic carbocycles. The van der Waals surface area contributed by atoms with E-state index in [1.807, 2.05) is 30.0 Å². The van der Waals surface area contributed by atoms with Crippen LogP contribution < -0.4 is 5.32 Å². The second-order valence-electron chi connectivity index (χ2n) is 5.47. The van der Waals surface area contributed by atoms with Crippen molar-refractivity contribution >= 4 is 11.6 Å². The number of benzene rings is 1. The van der Waals surface area contributed by atoms with Crippen molar-refractivity contribution in [3.63, 3.8) is 0 Å². The van der Waals surface area contributed by atoms with E-state index in [0.717, 1.165) is 11.3 Å². The highest BCUT2D eigenvalue weighted by molar-refractivity contribution is 5.97. The van der Waals surface area contributed by atoms with Crippen LogP contribution in [0.25, 0.3) is 0 Å². The van der Waals surface area contributed by atoms with Gasteiger partial charge in [0.1, 0.15) is 0 Å². The molecule has 1 aliphatic rings. The number of rotatable bonds is 4. The number of nitrogens with one attached hydrogen (secondary N) is 1. The Morgan fingerprint density at radius 1 is 1.30 bits per heavy atom.